The molecule has 1 N–H and O–H groups in total. The van der Waals surface area contributed by atoms with Gasteiger partial charge in [0.05, 0.1) is 19.1 Å². The van der Waals surface area contributed by atoms with Crippen LogP contribution in [-0.2, 0) is 26.2 Å². The Bertz CT molecular complexity index is 1180. The van der Waals surface area contributed by atoms with Gasteiger partial charge in [-0.1, -0.05) is 32.0 Å². The maximum Gasteiger partial charge on any atom is 0.242 e. The first-order chi connectivity index (χ1) is 17.3. The second-order valence-corrected chi connectivity index (χ2v) is 11.8. The number of hydrogen-bond acceptors (Lipinski definition) is 5. The van der Waals surface area contributed by atoms with Crippen molar-refractivity contribution in [3.63, 3.8) is 0 Å². The zero-order valence-corrected chi connectivity index (χ0v) is 23.9. The molecule has 37 heavy (non-hydrogen) atoms. The number of aryl methyl sites for hydroxylation is 2. The lowest BCUT2D eigenvalue weighted by Crippen LogP contribution is -2.48. The summed E-state index contributed by atoms with van der Waals surface area (Å²) in [5.41, 5.74) is 3.48. The molecule has 2 aromatic rings. The van der Waals surface area contributed by atoms with Gasteiger partial charge in [-0.2, -0.15) is 0 Å². The predicted molar refractivity (Wildman–Crippen MR) is 148 cm³/mol. The van der Waals surface area contributed by atoms with Crippen molar-refractivity contribution in [3.8, 4) is 5.75 Å². The number of ether oxygens (including phenoxy) is 1. The van der Waals surface area contributed by atoms with Crippen molar-refractivity contribution in [1.29, 1.82) is 0 Å². The largest absolute Gasteiger partial charge is 0.497 e. The van der Waals surface area contributed by atoms with Crippen molar-refractivity contribution in [2.24, 2.45) is 5.92 Å². The van der Waals surface area contributed by atoms with E-state index in [1.165, 1.54) is 10.6 Å². The molecule has 8 nitrogen and oxygen atoms in total. The van der Waals surface area contributed by atoms with E-state index in [-0.39, 0.29) is 37.2 Å². The van der Waals surface area contributed by atoms with Crippen LogP contribution in [0.2, 0.25) is 0 Å². The van der Waals surface area contributed by atoms with Crippen molar-refractivity contribution in [2.75, 3.05) is 30.8 Å². The first-order valence-corrected chi connectivity index (χ1v) is 14.4. The SMILES string of the molecule is COc1cccc(CN(C(=O)CCCN(c2ccc(C)c(C)c2)S(C)(=O)=O)[C@@H](C)C(=O)NCC(C)C)c1. The average molecular weight is 532 g/mol. The number of nitrogens with one attached hydrogen (secondary N) is 1. The van der Waals surface area contributed by atoms with Gasteiger partial charge in [0.15, 0.2) is 0 Å². The Morgan fingerprint density at radius 3 is 2.32 bits per heavy atom. The fourth-order valence-electron chi connectivity index (χ4n) is 3.89. The third-order valence-corrected chi connectivity index (χ3v) is 7.46. The lowest BCUT2D eigenvalue weighted by molar-refractivity contribution is -0.140. The molecule has 0 aliphatic heterocycles. The molecule has 0 aliphatic rings. The second-order valence-electron chi connectivity index (χ2n) is 9.90. The van der Waals surface area contributed by atoms with Gasteiger partial charge in [0, 0.05) is 26.1 Å². The number of benzene rings is 2. The number of rotatable bonds is 13. The topological polar surface area (TPSA) is 96.0 Å². The van der Waals surface area contributed by atoms with Crippen molar-refractivity contribution in [3.05, 3.63) is 59.2 Å². The fourth-order valence-corrected chi connectivity index (χ4v) is 4.84. The first-order valence-electron chi connectivity index (χ1n) is 12.6. The molecule has 0 unspecified atom stereocenters. The highest BCUT2D eigenvalue weighted by Gasteiger charge is 2.27. The highest BCUT2D eigenvalue weighted by Crippen LogP contribution is 2.22. The molecular formula is C28H41N3O5S. The lowest BCUT2D eigenvalue weighted by Gasteiger charge is -2.30. The van der Waals surface area contributed by atoms with Gasteiger partial charge in [-0.25, -0.2) is 8.42 Å². The predicted octanol–water partition coefficient (Wildman–Crippen LogP) is 4.05. The number of nitrogens with zero attached hydrogens (tertiary/aromatic N) is 2. The van der Waals surface area contributed by atoms with E-state index in [1.54, 1.807) is 25.0 Å². The van der Waals surface area contributed by atoms with Gasteiger partial charge in [0.1, 0.15) is 11.8 Å². The number of carbonyl (C=O) groups excluding carboxylic acids is 2. The van der Waals surface area contributed by atoms with E-state index in [9.17, 15) is 18.0 Å². The van der Waals surface area contributed by atoms with Crippen LogP contribution in [0, 0.1) is 19.8 Å². The molecule has 0 fully saturated rings. The summed E-state index contributed by atoms with van der Waals surface area (Å²) < 4.78 is 31.7. The molecule has 204 valence electrons. The van der Waals surface area contributed by atoms with Gasteiger partial charge in [0.25, 0.3) is 0 Å². The van der Waals surface area contributed by atoms with Gasteiger partial charge in [0.2, 0.25) is 21.8 Å². The Morgan fingerprint density at radius 1 is 1.03 bits per heavy atom. The van der Waals surface area contributed by atoms with Gasteiger partial charge in [-0.15, -0.1) is 0 Å². The van der Waals surface area contributed by atoms with Crippen LogP contribution in [0.1, 0.15) is 50.3 Å². The molecule has 0 aromatic heterocycles. The Morgan fingerprint density at radius 2 is 1.73 bits per heavy atom. The molecule has 0 heterocycles. The third kappa shape index (κ3) is 9.07. The molecule has 0 radical (unpaired) electrons. The molecule has 9 heteroatoms. The minimum absolute atomic E-state index is 0.0998. The monoisotopic (exact) mass is 531 g/mol. The van der Waals surface area contributed by atoms with Crippen LogP contribution in [0.15, 0.2) is 42.5 Å². The zero-order chi connectivity index (χ0) is 27.8. The summed E-state index contributed by atoms with van der Waals surface area (Å²) in [5.74, 6) is 0.506. The van der Waals surface area contributed by atoms with E-state index in [2.05, 4.69) is 5.32 Å². The quantitative estimate of drug-likeness (QED) is 0.421. The number of anilines is 1. The number of carbonyl (C=O) groups is 2. The van der Waals surface area contributed by atoms with Crippen molar-refractivity contribution in [2.45, 2.75) is 60.0 Å². The van der Waals surface area contributed by atoms with Gasteiger partial charge in [-0.3, -0.25) is 13.9 Å². The number of methoxy groups -OCH3 is 1. The zero-order valence-electron chi connectivity index (χ0n) is 23.1. The summed E-state index contributed by atoms with van der Waals surface area (Å²) in [7, 11) is -1.96. The fraction of sp³-hybridized carbons (Fsp3) is 0.500. The van der Waals surface area contributed by atoms with E-state index in [0.29, 0.717) is 24.4 Å². The van der Waals surface area contributed by atoms with Crippen LogP contribution >= 0.6 is 0 Å². The molecule has 0 spiro atoms. The van der Waals surface area contributed by atoms with Crippen LogP contribution in [0.4, 0.5) is 5.69 Å². The van der Waals surface area contributed by atoms with Crippen LogP contribution in [0.3, 0.4) is 0 Å². The summed E-state index contributed by atoms with van der Waals surface area (Å²) in [4.78, 5) is 27.8. The highest BCUT2D eigenvalue weighted by molar-refractivity contribution is 7.92. The summed E-state index contributed by atoms with van der Waals surface area (Å²) in [5, 5.41) is 2.91. The Hall–Kier alpha value is -3.07. The highest BCUT2D eigenvalue weighted by atomic mass is 32.2. The van der Waals surface area contributed by atoms with Crippen LogP contribution in [0.5, 0.6) is 5.75 Å². The summed E-state index contributed by atoms with van der Waals surface area (Å²) in [6.07, 6.45) is 1.58. The van der Waals surface area contributed by atoms with Gasteiger partial charge < -0.3 is 15.0 Å². The van der Waals surface area contributed by atoms with E-state index >= 15 is 0 Å². The minimum atomic E-state index is -3.54. The normalized spacial score (nSPS) is 12.2. The summed E-state index contributed by atoms with van der Waals surface area (Å²) in [6.45, 7) is 10.5. The van der Waals surface area contributed by atoms with Crippen LogP contribution in [-0.4, -0.2) is 57.6 Å². The number of amides is 2. The molecule has 1 atom stereocenters. The van der Waals surface area contributed by atoms with E-state index in [1.807, 2.05) is 64.1 Å². The standard InChI is InChI=1S/C28H41N3O5S/c1-20(2)18-29-28(33)23(5)30(19-24-10-8-11-26(17-24)36-6)27(32)12-9-15-31(37(7,34)35)25-14-13-21(3)22(4)16-25/h8,10-11,13-14,16-17,20,23H,9,12,15,18-19H2,1-7H3,(H,29,33)/t23-/m0/s1. The summed E-state index contributed by atoms with van der Waals surface area (Å²) >= 11 is 0. The van der Waals surface area contributed by atoms with Crippen molar-refractivity contribution < 1.29 is 22.7 Å². The smallest absolute Gasteiger partial charge is 0.242 e. The molecule has 0 saturated carbocycles. The molecule has 2 aromatic carbocycles. The molecule has 2 rings (SSSR count). The third-order valence-electron chi connectivity index (χ3n) is 6.27. The maximum atomic E-state index is 13.4. The van der Waals surface area contributed by atoms with Crippen molar-refractivity contribution >= 4 is 27.5 Å². The van der Waals surface area contributed by atoms with E-state index in [4.69, 9.17) is 4.74 Å². The summed E-state index contributed by atoms with van der Waals surface area (Å²) in [6, 6.07) is 12.2. The second kappa shape index (κ2) is 13.5. The molecule has 2 amide bonds. The molecule has 0 bridgehead atoms. The van der Waals surface area contributed by atoms with Crippen LogP contribution in [0.25, 0.3) is 0 Å². The Balaban J connectivity index is 2.20. The molecule has 0 aliphatic carbocycles. The maximum absolute atomic E-state index is 13.4. The van der Waals surface area contributed by atoms with E-state index < -0.39 is 16.1 Å². The van der Waals surface area contributed by atoms with Gasteiger partial charge >= 0.3 is 0 Å². The average Bonchev–Trinajstić information content (AvgIpc) is 2.84. The van der Waals surface area contributed by atoms with Gasteiger partial charge in [-0.05, 0) is 74.1 Å². The number of hydrogen-bond donors (Lipinski definition) is 1. The molecule has 0 saturated heterocycles. The Kier molecular flexibility index (Phi) is 11.0. The first kappa shape index (κ1) is 30.2. The van der Waals surface area contributed by atoms with E-state index in [0.717, 1.165) is 16.7 Å². The van der Waals surface area contributed by atoms with Crippen molar-refractivity contribution in [1.82, 2.24) is 10.2 Å². The minimum Gasteiger partial charge on any atom is -0.497 e. The molecular weight excluding hydrogens is 490 g/mol. The Labute approximate surface area is 222 Å². The lowest BCUT2D eigenvalue weighted by atomic mass is 10.1. The number of sulfonamides is 1. The van der Waals surface area contributed by atoms with Crippen LogP contribution < -0.4 is 14.4 Å².